The van der Waals surface area contributed by atoms with Crippen LogP contribution in [0.5, 0.6) is 0 Å². The van der Waals surface area contributed by atoms with Gasteiger partial charge in [0.1, 0.15) is 0 Å². The van der Waals surface area contributed by atoms with Gasteiger partial charge in [-0.2, -0.15) is 0 Å². The predicted molar refractivity (Wildman–Crippen MR) is 98.8 cm³/mol. The van der Waals surface area contributed by atoms with Crippen LogP contribution in [0.1, 0.15) is 23.6 Å². The minimum absolute atomic E-state index is 0.244. The molecule has 2 aromatic rings. The molecule has 1 saturated heterocycles. The summed E-state index contributed by atoms with van der Waals surface area (Å²) in [5.74, 6) is -0.250. The Labute approximate surface area is 150 Å². The van der Waals surface area contributed by atoms with Crippen molar-refractivity contribution in [3.63, 3.8) is 0 Å². The highest BCUT2D eigenvalue weighted by Crippen LogP contribution is 2.33. The lowest BCUT2D eigenvalue weighted by atomic mass is 10.1. The molecular formula is C19H16ClNO2S. The summed E-state index contributed by atoms with van der Waals surface area (Å²) in [6.07, 6.45) is 2.74. The average molecular weight is 358 g/mol. The first-order chi connectivity index (χ1) is 11.6. The van der Waals surface area contributed by atoms with Crippen molar-refractivity contribution >= 4 is 40.6 Å². The maximum atomic E-state index is 12.5. The van der Waals surface area contributed by atoms with Crippen LogP contribution in [0.15, 0.2) is 53.4 Å². The van der Waals surface area contributed by atoms with E-state index in [0.717, 1.165) is 29.3 Å². The van der Waals surface area contributed by atoms with Gasteiger partial charge in [0, 0.05) is 5.02 Å². The predicted octanol–water partition coefficient (Wildman–Crippen LogP) is 5.14. The van der Waals surface area contributed by atoms with E-state index in [4.69, 9.17) is 11.6 Å². The lowest BCUT2D eigenvalue weighted by Gasteiger charge is -2.12. The molecule has 0 aliphatic carbocycles. The van der Waals surface area contributed by atoms with Gasteiger partial charge < -0.3 is 0 Å². The van der Waals surface area contributed by atoms with Crippen molar-refractivity contribution in [2.45, 2.75) is 19.9 Å². The fourth-order valence-corrected chi connectivity index (χ4v) is 3.37. The van der Waals surface area contributed by atoms with E-state index in [0.29, 0.717) is 9.93 Å². The molecule has 3 rings (SSSR count). The van der Waals surface area contributed by atoms with E-state index in [1.165, 1.54) is 10.5 Å². The number of benzene rings is 2. The van der Waals surface area contributed by atoms with Crippen LogP contribution in [0, 0.1) is 0 Å². The fraction of sp³-hybridized carbons (Fsp3) is 0.158. The van der Waals surface area contributed by atoms with Gasteiger partial charge in [-0.25, -0.2) is 0 Å². The Morgan fingerprint density at radius 1 is 1.00 bits per heavy atom. The highest BCUT2D eigenvalue weighted by molar-refractivity contribution is 8.18. The van der Waals surface area contributed by atoms with Gasteiger partial charge in [0.05, 0.1) is 11.4 Å². The normalized spacial score (nSPS) is 16.2. The molecule has 2 amide bonds. The van der Waals surface area contributed by atoms with Crippen molar-refractivity contribution in [1.82, 2.24) is 4.90 Å². The van der Waals surface area contributed by atoms with E-state index in [2.05, 4.69) is 6.92 Å². The van der Waals surface area contributed by atoms with Crippen molar-refractivity contribution in [3.05, 3.63) is 75.1 Å². The van der Waals surface area contributed by atoms with Gasteiger partial charge in [0.15, 0.2) is 0 Å². The van der Waals surface area contributed by atoms with Gasteiger partial charge in [-0.3, -0.25) is 14.5 Å². The van der Waals surface area contributed by atoms with Gasteiger partial charge in [-0.1, -0.05) is 54.9 Å². The van der Waals surface area contributed by atoms with Crippen LogP contribution in [-0.2, 0) is 17.8 Å². The summed E-state index contributed by atoms with van der Waals surface area (Å²) in [5.41, 5.74) is 3.03. The SMILES string of the molecule is CCc1ccc(/C=C2/SC(=O)N(Cc3ccc(Cl)cc3)C2=O)cc1. The van der Waals surface area contributed by atoms with Crippen LogP contribution in [0.25, 0.3) is 6.08 Å². The van der Waals surface area contributed by atoms with Crippen LogP contribution in [-0.4, -0.2) is 16.0 Å². The maximum absolute atomic E-state index is 12.5. The molecule has 1 fully saturated rings. The Hall–Kier alpha value is -2.04. The van der Waals surface area contributed by atoms with Crippen LogP contribution in [0.2, 0.25) is 5.02 Å². The van der Waals surface area contributed by atoms with E-state index in [1.807, 2.05) is 36.4 Å². The zero-order chi connectivity index (χ0) is 17.1. The lowest BCUT2D eigenvalue weighted by Crippen LogP contribution is -2.27. The van der Waals surface area contributed by atoms with Gasteiger partial charge >= 0.3 is 0 Å². The van der Waals surface area contributed by atoms with E-state index in [9.17, 15) is 9.59 Å². The molecule has 2 aromatic carbocycles. The third-order valence-corrected chi connectivity index (χ3v) is 4.97. The monoisotopic (exact) mass is 357 g/mol. The summed E-state index contributed by atoms with van der Waals surface area (Å²) in [5, 5.41) is 0.384. The quantitative estimate of drug-likeness (QED) is 0.711. The third kappa shape index (κ3) is 3.71. The maximum Gasteiger partial charge on any atom is 0.293 e. The molecule has 0 atom stereocenters. The van der Waals surface area contributed by atoms with Crippen molar-refractivity contribution in [2.24, 2.45) is 0 Å². The molecule has 0 spiro atoms. The fourth-order valence-electron chi connectivity index (χ4n) is 2.41. The number of hydrogen-bond acceptors (Lipinski definition) is 3. The smallest absolute Gasteiger partial charge is 0.268 e. The van der Waals surface area contributed by atoms with Crippen LogP contribution >= 0.6 is 23.4 Å². The number of nitrogens with zero attached hydrogens (tertiary/aromatic N) is 1. The van der Waals surface area contributed by atoms with Crippen LogP contribution in [0.4, 0.5) is 4.79 Å². The zero-order valence-corrected chi connectivity index (χ0v) is 14.7. The number of carbonyl (C=O) groups excluding carboxylic acids is 2. The highest BCUT2D eigenvalue weighted by atomic mass is 35.5. The number of halogens is 1. The van der Waals surface area contributed by atoms with E-state index in [-0.39, 0.29) is 17.7 Å². The van der Waals surface area contributed by atoms with E-state index < -0.39 is 0 Å². The molecule has 122 valence electrons. The van der Waals surface area contributed by atoms with Crippen LogP contribution < -0.4 is 0 Å². The van der Waals surface area contributed by atoms with Crippen molar-refractivity contribution < 1.29 is 9.59 Å². The van der Waals surface area contributed by atoms with Crippen molar-refractivity contribution in [1.29, 1.82) is 0 Å². The molecule has 3 nitrogen and oxygen atoms in total. The number of amides is 2. The number of thioether (sulfide) groups is 1. The van der Waals surface area contributed by atoms with Gasteiger partial charge in [-0.05, 0) is 53.1 Å². The summed E-state index contributed by atoms with van der Waals surface area (Å²) in [6, 6.07) is 15.1. The zero-order valence-electron chi connectivity index (χ0n) is 13.2. The molecule has 1 aliphatic rings. The topological polar surface area (TPSA) is 37.4 Å². The molecular weight excluding hydrogens is 342 g/mol. The van der Waals surface area contributed by atoms with Gasteiger partial charge in [-0.15, -0.1) is 0 Å². The average Bonchev–Trinajstić information content (AvgIpc) is 2.85. The van der Waals surface area contributed by atoms with Gasteiger partial charge in [0.2, 0.25) is 0 Å². The molecule has 24 heavy (non-hydrogen) atoms. The number of aryl methyl sites for hydroxylation is 1. The molecule has 1 aliphatic heterocycles. The molecule has 0 N–H and O–H groups in total. The largest absolute Gasteiger partial charge is 0.293 e. The number of imide groups is 1. The van der Waals surface area contributed by atoms with Gasteiger partial charge in [0.25, 0.3) is 11.1 Å². The molecule has 0 saturated carbocycles. The first-order valence-electron chi connectivity index (χ1n) is 7.65. The second kappa shape index (κ2) is 7.24. The summed E-state index contributed by atoms with van der Waals surface area (Å²) >= 11 is 6.84. The highest BCUT2D eigenvalue weighted by Gasteiger charge is 2.34. The summed E-state index contributed by atoms with van der Waals surface area (Å²) in [6.45, 7) is 2.35. The first kappa shape index (κ1) is 16.8. The summed E-state index contributed by atoms with van der Waals surface area (Å²) in [4.78, 5) is 26.4. The van der Waals surface area contributed by atoms with Crippen molar-refractivity contribution in [2.75, 3.05) is 0 Å². The molecule has 1 heterocycles. The third-order valence-electron chi connectivity index (χ3n) is 3.81. The number of hydrogen-bond donors (Lipinski definition) is 0. The molecule has 0 bridgehead atoms. The lowest BCUT2D eigenvalue weighted by molar-refractivity contribution is -0.123. The standard InChI is InChI=1S/C19H16ClNO2S/c1-2-13-3-5-14(6-4-13)11-17-18(22)21(19(23)24-17)12-15-7-9-16(20)10-8-15/h3-11H,2,12H2,1H3/b17-11+. The Kier molecular flexibility index (Phi) is 5.07. The second-order valence-electron chi connectivity index (χ2n) is 5.49. The number of rotatable bonds is 4. The molecule has 0 aromatic heterocycles. The van der Waals surface area contributed by atoms with E-state index in [1.54, 1.807) is 18.2 Å². The Morgan fingerprint density at radius 2 is 1.62 bits per heavy atom. The first-order valence-corrected chi connectivity index (χ1v) is 8.85. The Morgan fingerprint density at radius 3 is 2.25 bits per heavy atom. The molecule has 5 heteroatoms. The number of carbonyl (C=O) groups is 2. The second-order valence-corrected chi connectivity index (χ2v) is 6.92. The summed E-state index contributed by atoms with van der Waals surface area (Å²) < 4.78 is 0. The van der Waals surface area contributed by atoms with Crippen LogP contribution in [0.3, 0.4) is 0 Å². The molecule has 0 radical (unpaired) electrons. The van der Waals surface area contributed by atoms with E-state index >= 15 is 0 Å². The Bertz CT molecular complexity index is 797. The Balaban J connectivity index is 1.77. The minimum atomic E-state index is -0.250. The van der Waals surface area contributed by atoms with Crippen molar-refractivity contribution in [3.8, 4) is 0 Å². The minimum Gasteiger partial charge on any atom is -0.268 e. The summed E-state index contributed by atoms with van der Waals surface area (Å²) in [7, 11) is 0. The molecule has 0 unspecified atom stereocenters.